The molecule has 302 valence electrons. The second kappa shape index (κ2) is 13.7. The van der Waals surface area contributed by atoms with Gasteiger partial charge in [-0.2, -0.15) is 0 Å². The van der Waals surface area contributed by atoms with Gasteiger partial charge in [-0.1, -0.05) is 164 Å². The molecule has 0 saturated carbocycles. The highest BCUT2D eigenvalue weighted by atomic mass is 16.5. The lowest BCUT2D eigenvalue weighted by Gasteiger charge is -2.39. The SMILES string of the molecule is c1ccc(-c2nc(-c3ccc4c(c3)nc(-c3ccccc3)c3cc5c(cc34)C3(c4ccccc4Oc4ccccc43)c3ccccc3-5)cc(-c3cccc4oc5ccccc5c34)n2)cc1. The van der Waals surface area contributed by atoms with Crippen molar-refractivity contribution in [1.82, 2.24) is 15.0 Å². The smallest absolute Gasteiger partial charge is 0.160 e. The number of aromatic nitrogens is 3. The number of pyridine rings is 1. The van der Waals surface area contributed by atoms with Gasteiger partial charge in [0.15, 0.2) is 5.82 Å². The molecule has 0 saturated heterocycles. The summed E-state index contributed by atoms with van der Waals surface area (Å²) < 4.78 is 13.0. The minimum absolute atomic E-state index is 0.595. The first-order valence-electron chi connectivity index (χ1n) is 22.0. The van der Waals surface area contributed by atoms with Gasteiger partial charge in [-0.3, -0.25) is 0 Å². The first kappa shape index (κ1) is 35.9. The summed E-state index contributed by atoms with van der Waals surface area (Å²) in [5, 5.41) is 5.40. The third-order valence-electron chi connectivity index (χ3n) is 13.5. The summed E-state index contributed by atoms with van der Waals surface area (Å²) in [6.45, 7) is 0. The number of furan rings is 1. The van der Waals surface area contributed by atoms with E-state index in [0.717, 1.165) is 106 Å². The van der Waals surface area contributed by atoms with Crippen molar-refractivity contribution >= 4 is 43.6 Å². The molecule has 5 nitrogen and oxygen atoms in total. The second-order valence-electron chi connectivity index (χ2n) is 17.0. The molecule has 0 atom stereocenters. The van der Waals surface area contributed by atoms with Crippen LogP contribution in [0.15, 0.2) is 217 Å². The van der Waals surface area contributed by atoms with Gasteiger partial charge in [0.25, 0.3) is 0 Å². The molecule has 0 unspecified atom stereocenters. The van der Waals surface area contributed by atoms with Gasteiger partial charge < -0.3 is 9.15 Å². The summed E-state index contributed by atoms with van der Waals surface area (Å²) in [5.41, 5.74) is 15.7. The fourth-order valence-electron chi connectivity index (χ4n) is 10.8. The summed E-state index contributed by atoms with van der Waals surface area (Å²) in [6.07, 6.45) is 0. The zero-order chi connectivity index (χ0) is 42.6. The molecular formula is C60H35N3O2. The van der Waals surface area contributed by atoms with Crippen LogP contribution in [0, 0.1) is 0 Å². The van der Waals surface area contributed by atoms with Gasteiger partial charge in [0.2, 0.25) is 0 Å². The van der Waals surface area contributed by atoms with Crippen molar-refractivity contribution in [1.29, 1.82) is 0 Å². The van der Waals surface area contributed by atoms with Crippen LogP contribution < -0.4 is 4.74 Å². The third-order valence-corrected chi connectivity index (χ3v) is 13.5. The van der Waals surface area contributed by atoms with E-state index in [0.29, 0.717) is 5.82 Å². The van der Waals surface area contributed by atoms with Crippen LogP contribution in [-0.2, 0) is 5.41 Å². The van der Waals surface area contributed by atoms with E-state index in [1.54, 1.807) is 0 Å². The number of nitrogens with zero attached hydrogens (tertiary/aromatic N) is 3. The second-order valence-corrected chi connectivity index (χ2v) is 17.0. The average molecular weight is 830 g/mol. The minimum Gasteiger partial charge on any atom is -0.457 e. The Hall–Kier alpha value is -8.67. The summed E-state index contributed by atoms with van der Waals surface area (Å²) >= 11 is 0. The van der Waals surface area contributed by atoms with Crippen molar-refractivity contribution in [2.24, 2.45) is 0 Å². The summed E-state index contributed by atoms with van der Waals surface area (Å²) in [5.74, 6) is 2.40. The van der Waals surface area contributed by atoms with Crippen LogP contribution in [-0.4, -0.2) is 15.0 Å². The van der Waals surface area contributed by atoms with Crippen molar-refractivity contribution in [2.45, 2.75) is 5.41 Å². The molecule has 2 aliphatic rings. The van der Waals surface area contributed by atoms with Gasteiger partial charge in [-0.05, 0) is 76.2 Å². The molecule has 9 aromatic carbocycles. The Morgan fingerprint density at radius 1 is 0.354 bits per heavy atom. The first-order chi connectivity index (χ1) is 32.2. The third kappa shape index (κ3) is 5.18. The largest absolute Gasteiger partial charge is 0.457 e. The van der Waals surface area contributed by atoms with E-state index in [4.69, 9.17) is 24.1 Å². The topological polar surface area (TPSA) is 61.0 Å². The van der Waals surface area contributed by atoms with Crippen LogP contribution >= 0.6 is 0 Å². The van der Waals surface area contributed by atoms with E-state index < -0.39 is 5.41 Å². The predicted molar refractivity (Wildman–Crippen MR) is 261 cm³/mol. The van der Waals surface area contributed by atoms with Crippen LogP contribution in [0.2, 0.25) is 0 Å². The number of hydrogen-bond donors (Lipinski definition) is 0. The van der Waals surface area contributed by atoms with Gasteiger partial charge in [0.1, 0.15) is 22.7 Å². The van der Waals surface area contributed by atoms with E-state index in [1.165, 1.54) is 22.3 Å². The van der Waals surface area contributed by atoms with Gasteiger partial charge in [-0.25, -0.2) is 15.0 Å². The lowest BCUT2D eigenvalue weighted by atomic mass is 9.66. The van der Waals surface area contributed by atoms with Gasteiger partial charge in [0.05, 0.1) is 28.0 Å². The maximum atomic E-state index is 6.67. The Morgan fingerprint density at radius 2 is 1.00 bits per heavy atom. The molecule has 65 heavy (non-hydrogen) atoms. The Labute approximate surface area is 373 Å². The molecule has 1 spiro atoms. The highest BCUT2D eigenvalue weighted by Crippen LogP contribution is 2.62. The van der Waals surface area contributed by atoms with E-state index in [2.05, 4.69) is 170 Å². The lowest BCUT2D eigenvalue weighted by Crippen LogP contribution is -2.32. The molecule has 4 heterocycles. The molecule has 12 aromatic rings. The number of rotatable bonds is 4. The molecule has 5 heteroatoms. The number of para-hydroxylation sites is 3. The molecular weight excluding hydrogens is 795 g/mol. The van der Waals surface area contributed by atoms with E-state index in [9.17, 15) is 0 Å². The minimum atomic E-state index is -0.595. The number of ether oxygens (including phenoxy) is 1. The Kier molecular flexibility index (Phi) is 7.54. The normalized spacial score (nSPS) is 13.2. The highest BCUT2D eigenvalue weighted by Gasteiger charge is 2.51. The molecule has 0 amide bonds. The average Bonchev–Trinajstić information content (AvgIpc) is 3.89. The zero-order valence-corrected chi connectivity index (χ0v) is 34.9. The van der Waals surface area contributed by atoms with Crippen molar-refractivity contribution in [2.75, 3.05) is 0 Å². The summed E-state index contributed by atoms with van der Waals surface area (Å²) in [6, 6.07) is 74.7. The quantitative estimate of drug-likeness (QED) is 0.165. The molecule has 14 rings (SSSR count). The van der Waals surface area contributed by atoms with E-state index in [1.807, 2.05) is 42.5 Å². The molecule has 1 aliphatic heterocycles. The maximum absolute atomic E-state index is 6.67. The molecule has 1 aliphatic carbocycles. The van der Waals surface area contributed by atoms with E-state index in [-0.39, 0.29) is 0 Å². The molecule has 0 bridgehead atoms. The van der Waals surface area contributed by atoms with Crippen LogP contribution in [0.3, 0.4) is 0 Å². The van der Waals surface area contributed by atoms with E-state index >= 15 is 0 Å². The number of benzene rings is 9. The zero-order valence-electron chi connectivity index (χ0n) is 34.9. The summed E-state index contributed by atoms with van der Waals surface area (Å²) in [7, 11) is 0. The molecule has 0 N–H and O–H groups in total. The fraction of sp³-hybridized carbons (Fsp3) is 0.0167. The first-order valence-corrected chi connectivity index (χ1v) is 22.0. The predicted octanol–water partition coefficient (Wildman–Crippen LogP) is 15.2. The van der Waals surface area contributed by atoms with Crippen LogP contribution in [0.5, 0.6) is 11.5 Å². The molecule has 0 fully saturated rings. The Morgan fingerprint density at radius 3 is 1.80 bits per heavy atom. The number of hydrogen-bond acceptors (Lipinski definition) is 5. The number of fused-ring (bicyclic) bond motifs is 15. The van der Waals surface area contributed by atoms with Crippen LogP contribution in [0.4, 0.5) is 0 Å². The highest BCUT2D eigenvalue weighted by molar-refractivity contribution is 6.15. The van der Waals surface area contributed by atoms with Crippen molar-refractivity contribution in [3.8, 4) is 67.8 Å². The standard InChI is InChI=1S/C60H35N3O2/c1-3-16-36(17-4-1)58-45-33-44-39-20-7-9-23-46(39)60(47-24-10-13-27-54(47)65-55-28-14-11-25-48(55)60)49(44)34-43(45)40-31-30-38(32-51(40)61-58)50-35-52(63-59(62-50)37-18-5-2-6-19-37)41-22-15-29-56-57(41)42-21-8-12-26-53(42)64-56/h1-35H. The van der Waals surface area contributed by atoms with Gasteiger partial charge in [0, 0.05) is 54.9 Å². The van der Waals surface area contributed by atoms with Gasteiger partial charge in [-0.15, -0.1) is 0 Å². The van der Waals surface area contributed by atoms with Crippen LogP contribution in [0.1, 0.15) is 22.3 Å². The fourth-order valence-corrected chi connectivity index (χ4v) is 10.8. The van der Waals surface area contributed by atoms with Crippen molar-refractivity contribution < 1.29 is 9.15 Å². The molecule has 0 radical (unpaired) electrons. The lowest BCUT2D eigenvalue weighted by molar-refractivity contribution is 0.436. The van der Waals surface area contributed by atoms with Gasteiger partial charge >= 0.3 is 0 Å². The van der Waals surface area contributed by atoms with Crippen molar-refractivity contribution in [3.05, 3.63) is 235 Å². The molecule has 3 aromatic heterocycles. The summed E-state index contributed by atoms with van der Waals surface area (Å²) in [4.78, 5) is 16.1. The Bertz CT molecular complexity index is 3890. The maximum Gasteiger partial charge on any atom is 0.160 e. The van der Waals surface area contributed by atoms with Crippen LogP contribution in [0.25, 0.3) is 99.9 Å². The Balaban J connectivity index is 1.04. The monoisotopic (exact) mass is 829 g/mol. The van der Waals surface area contributed by atoms with Crippen molar-refractivity contribution in [3.63, 3.8) is 0 Å².